The molecule has 1 atom stereocenters. The molecule has 0 bridgehead atoms. The van der Waals surface area contributed by atoms with E-state index in [0.29, 0.717) is 32.6 Å². The lowest BCUT2D eigenvalue weighted by Crippen LogP contribution is -2.57. The number of carbonyl (C=O) groups excluding carboxylic acids is 1. The Balaban J connectivity index is 1.81. The van der Waals surface area contributed by atoms with Crippen LogP contribution in [0.25, 0.3) is 0 Å². The number of rotatable bonds is 7. The van der Waals surface area contributed by atoms with Gasteiger partial charge in [0.05, 0.1) is 7.11 Å². The Bertz CT molecular complexity index is 543. The van der Waals surface area contributed by atoms with Crippen LogP contribution < -0.4 is 15.4 Å². The van der Waals surface area contributed by atoms with Crippen molar-refractivity contribution >= 4 is 5.91 Å². The van der Waals surface area contributed by atoms with Crippen molar-refractivity contribution in [3.63, 3.8) is 0 Å². The molecule has 0 spiro atoms. The fraction of sp³-hybridized carbons (Fsp3) is 0.588. The maximum Gasteiger partial charge on any atom is 0.405 e. The predicted octanol–water partition coefficient (Wildman–Crippen LogP) is 1.58. The summed E-state index contributed by atoms with van der Waals surface area (Å²) in [6.07, 6.45) is -3.74. The van der Waals surface area contributed by atoms with Crippen molar-refractivity contribution in [2.75, 3.05) is 39.8 Å². The second-order valence-corrected chi connectivity index (χ2v) is 6.00. The molecule has 8 heteroatoms. The first kappa shape index (κ1) is 19.5. The van der Waals surface area contributed by atoms with E-state index in [0.717, 1.165) is 11.3 Å². The number of methoxy groups -OCH3 is 1. The molecule has 140 valence electrons. The Hall–Kier alpha value is -1.80. The molecule has 1 aromatic rings. The lowest BCUT2D eigenvalue weighted by molar-refractivity contribution is -0.184. The number of carbonyl (C=O) groups is 1. The number of nitrogens with one attached hydrogen (secondary N) is 2. The molecule has 1 aliphatic rings. The van der Waals surface area contributed by atoms with Crippen molar-refractivity contribution in [3.05, 3.63) is 29.8 Å². The van der Waals surface area contributed by atoms with Gasteiger partial charge in [0, 0.05) is 39.1 Å². The van der Waals surface area contributed by atoms with Crippen LogP contribution in [0.2, 0.25) is 0 Å². The standard InChI is InChI=1S/C17H24F3N3O2/c1-25-14-5-2-13(3-6-14)4-7-16(24)22-12-15(17(18,19)20)23-10-8-21-9-11-23/h2-3,5-6,15,21H,4,7-12H2,1H3,(H,22,24). The lowest BCUT2D eigenvalue weighted by atomic mass is 10.1. The van der Waals surface area contributed by atoms with Gasteiger partial charge in [0.1, 0.15) is 11.8 Å². The summed E-state index contributed by atoms with van der Waals surface area (Å²) >= 11 is 0. The molecule has 1 saturated heterocycles. The first-order valence-corrected chi connectivity index (χ1v) is 8.31. The first-order chi connectivity index (χ1) is 11.9. The molecule has 0 aromatic heterocycles. The van der Waals surface area contributed by atoms with E-state index in [4.69, 9.17) is 4.74 Å². The minimum atomic E-state index is -4.36. The lowest BCUT2D eigenvalue weighted by Gasteiger charge is -2.35. The average Bonchev–Trinajstić information content (AvgIpc) is 2.60. The third-order valence-electron chi connectivity index (χ3n) is 4.26. The van der Waals surface area contributed by atoms with Gasteiger partial charge in [-0.05, 0) is 24.1 Å². The van der Waals surface area contributed by atoms with E-state index < -0.39 is 18.8 Å². The van der Waals surface area contributed by atoms with Gasteiger partial charge in [-0.1, -0.05) is 12.1 Å². The fourth-order valence-corrected chi connectivity index (χ4v) is 2.79. The molecular formula is C17H24F3N3O2. The largest absolute Gasteiger partial charge is 0.497 e. The van der Waals surface area contributed by atoms with E-state index in [9.17, 15) is 18.0 Å². The predicted molar refractivity (Wildman–Crippen MR) is 88.6 cm³/mol. The molecular weight excluding hydrogens is 335 g/mol. The molecule has 0 saturated carbocycles. The Kier molecular flexibility index (Phi) is 7.07. The van der Waals surface area contributed by atoms with Gasteiger partial charge in [-0.15, -0.1) is 0 Å². The van der Waals surface area contributed by atoms with Crippen molar-refractivity contribution < 1.29 is 22.7 Å². The maximum absolute atomic E-state index is 13.3. The summed E-state index contributed by atoms with van der Waals surface area (Å²) in [5, 5.41) is 5.46. The van der Waals surface area contributed by atoms with Crippen LogP contribution in [0.3, 0.4) is 0 Å². The van der Waals surface area contributed by atoms with Gasteiger partial charge in [-0.3, -0.25) is 9.69 Å². The molecule has 1 aromatic carbocycles. The quantitative estimate of drug-likeness (QED) is 0.776. The van der Waals surface area contributed by atoms with Crippen molar-refractivity contribution in [2.45, 2.75) is 25.1 Å². The van der Waals surface area contributed by atoms with Gasteiger partial charge in [0.25, 0.3) is 0 Å². The van der Waals surface area contributed by atoms with Crippen LogP contribution in [0.4, 0.5) is 13.2 Å². The number of aryl methyl sites for hydroxylation is 1. The van der Waals surface area contributed by atoms with Crippen molar-refractivity contribution in [3.8, 4) is 5.75 Å². The Morgan fingerprint density at radius 3 is 2.48 bits per heavy atom. The average molecular weight is 359 g/mol. The minimum Gasteiger partial charge on any atom is -0.497 e. The number of amides is 1. The monoisotopic (exact) mass is 359 g/mol. The summed E-state index contributed by atoms with van der Waals surface area (Å²) in [4.78, 5) is 13.3. The molecule has 2 rings (SSSR count). The molecule has 1 aliphatic heterocycles. The van der Waals surface area contributed by atoms with Gasteiger partial charge in [-0.2, -0.15) is 13.2 Å². The molecule has 0 radical (unpaired) electrons. The van der Waals surface area contributed by atoms with Crippen LogP contribution in [0, 0.1) is 0 Å². The zero-order chi connectivity index (χ0) is 18.3. The van der Waals surface area contributed by atoms with Crippen molar-refractivity contribution in [2.24, 2.45) is 0 Å². The second kappa shape index (κ2) is 9.05. The van der Waals surface area contributed by atoms with E-state index in [1.165, 1.54) is 4.90 Å². The van der Waals surface area contributed by atoms with E-state index in [2.05, 4.69) is 10.6 Å². The number of hydrogen-bond donors (Lipinski definition) is 2. The van der Waals surface area contributed by atoms with Gasteiger partial charge in [0.2, 0.25) is 5.91 Å². The Morgan fingerprint density at radius 1 is 1.28 bits per heavy atom. The smallest absolute Gasteiger partial charge is 0.405 e. The van der Waals surface area contributed by atoms with Crippen LogP contribution in [0.15, 0.2) is 24.3 Å². The van der Waals surface area contributed by atoms with Crippen LogP contribution >= 0.6 is 0 Å². The van der Waals surface area contributed by atoms with E-state index in [-0.39, 0.29) is 12.3 Å². The molecule has 25 heavy (non-hydrogen) atoms. The molecule has 1 fully saturated rings. The highest BCUT2D eigenvalue weighted by Gasteiger charge is 2.43. The van der Waals surface area contributed by atoms with Crippen molar-refractivity contribution in [1.82, 2.24) is 15.5 Å². The number of ether oxygens (including phenoxy) is 1. The summed E-state index contributed by atoms with van der Waals surface area (Å²) in [5.41, 5.74) is 0.936. The van der Waals surface area contributed by atoms with Gasteiger partial charge in [0.15, 0.2) is 0 Å². The summed E-state index contributed by atoms with van der Waals surface area (Å²) in [6, 6.07) is 5.62. The molecule has 0 aliphatic carbocycles. The zero-order valence-electron chi connectivity index (χ0n) is 14.2. The third kappa shape index (κ3) is 6.21. The number of halogens is 3. The zero-order valence-corrected chi connectivity index (χ0v) is 14.2. The Labute approximate surface area is 145 Å². The highest BCUT2D eigenvalue weighted by molar-refractivity contribution is 5.76. The van der Waals surface area contributed by atoms with E-state index in [1.807, 2.05) is 12.1 Å². The van der Waals surface area contributed by atoms with E-state index >= 15 is 0 Å². The summed E-state index contributed by atoms with van der Waals surface area (Å²) < 4.78 is 44.8. The molecule has 1 unspecified atom stereocenters. The van der Waals surface area contributed by atoms with Crippen LogP contribution in [0.1, 0.15) is 12.0 Å². The maximum atomic E-state index is 13.3. The highest BCUT2D eigenvalue weighted by atomic mass is 19.4. The van der Waals surface area contributed by atoms with Crippen LogP contribution in [0.5, 0.6) is 5.75 Å². The number of hydrogen-bond acceptors (Lipinski definition) is 4. The number of alkyl halides is 3. The van der Waals surface area contributed by atoms with Gasteiger partial charge >= 0.3 is 6.18 Å². The molecule has 1 heterocycles. The van der Waals surface area contributed by atoms with Crippen LogP contribution in [-0.2, 0) is 11.2 Å². The Morgan fingerprint density at radius 2 is 1.92 bits per heavy atom. The highest BCUT2D eigenvalue weighted by Crippen LogP contribution is 2.24. The number of nitrogens with zero attached hydrogens (tertiary/aromatic N) is 1. The van der Waals surface area contributed by atoms with Gasteiger partial charge in [-0.25, -0.2) is 0 Å². The third-order valence-corrected chi connectivity index (χ3v) is 4.26. The summed E-state index contributed by atoms with van der Waals surface area (Å²) in [6.45, 7) is 1.29. The fourth-order valence-electron chi connectivity index (χ4n) is 2.79. The van der Waals surface area contributed by atoms with Crippen molar-refractivity contribution in [1.29, 1.82) is 0 Å². The first-order valence-electron chi connectivity index (χ1n) is 8.31. The summed E-state index contributed by atoms with van der Waals surface area (Å²) in [7, 11) is 1.57. The molecule has 2 N–H and O–H groups in total. The normalized spacial score (nSPS) is 17.1. The van der Waals surface area contributed by atoms with Crippen LogP contribution in [-0.4, -0.2) is 62.9 Å². The van der Waals surface area contributed by atoms with Gasteiger partial charge < -0.3 is 15.4 Å². The second-order valence-electron chi connectivity index (χ2n) is 6.00. The SMILES string of the molecule is COc1ccc(CCC(=O)NCC(N2CCNCC2)C(F)(F)F)cc1. The topological polar surface area (TPSA) is 53.6 Å². The molecule has 1 amide bonds. The van der Waals surface area contributed by atoms with E-state index in [1.54, 1.807) is 19.2 Å². The summed E-state index contributed by atoms with van der Waals surface area (Å²) in [5.74, 6) is 0.345. The molecule has 5 nitrogen and oxygen atoms in total. The number of benzene rings is 1. The minimum absolute atomic E-state index is 0.151. The number of piperazine rings is 1.